The van der Waals surface area contributed by atoms with Crippen molar-refractivity contribution in [3.8, 4) is 5.82 Å². The fraction of sp³-hybridized carbons (Fsp3) is 0. The highest BCUT2D eigenvalue weighted by molar-refractivity contribution is 6.37. The van der Waals surface area contributed by atoms with E-state index in [1.807, 2.05) is 0 Å². The molecule has 1 amide bonds. The zero-order valence-electron chi connectivity index (χ0n) is 11.1. The summed E-state index contributed by atoms with van der Waals surface area (Å²) in [4.78, 5) is 20.4. The van der Waals surface area contributed by atoms with Crippen molar-refractivity contribution < 1.29 is 4.79 Å². The lowest BCUT2D eigenvalue weighted by Crippen LogP contribution is -2.15. The molecule has 0 aliphatic heterocycles. The van der Waals surface area contributed by atoms with Gasteiger partial charge in [-0.2, -0.15) is 5.10 Å². The Balaban J connectivity index is 1.92. The maximum absolute atomic E-state index is 12.4. The zero-order valence-corrected chi connectivity index (χ0v) is 12.6. The number of hydrogen-bond acceptors (Lipinski definition) is 4. The van der Waals surface area contributed by atoms with E-state index in [-0.39, 0.29) is 10.9 Å². The van der Waals surface area contributed by atoms with Crippen molar-refractivity contribution in [3.05, 3.63) is 64.8 Å². The van der Waals surface area contributed by atoms with E-state index >= 15 is 0 Å². The quantitative estimate of drug-likeness (QED) is 0.798. The van der Waals surface area contributed by atoms with Gasteiger partial charge in [-0.15, -0.1) is 0 Å². The van der Waals surface area contributed by atoms with Crippen LogP contribution in [0.5, 0.6) is 0 Å². The Morgan fingerprint density at radius 1 is 1.23 bits per heavy atom. The Kier molecular flexibility index (Phi) is 4.04. The molecule has 110 valence electrons. The molecule has 0 aliphatic rings. The van der Waals surface area contributed by atoms with Gasteiger partial charge in [-0.25, -0.2) is 14.6 Å². The smallest absolute Gasteiger partial charge is 0.257 e. The van der Waals surface area contributed by atoms with Gasteiger partial charge in [-0.1, -0.05) is 23.2 Å². The van der Waals surface area contributed by atoms with Crippen LogP contribution >= 0.6 is 23.2 Å². The van der Waals surface area contributed by atoms with E-state index in [0.717, 1.165) is 0 Å². The first-order chi connectivity index (χ1) is 10.6. The second-order valence-electron chi connectivity index (χ2n) is 4.29. The van der Waals surface area contributed by atoms with Crippen LogP contribution in [0.25, 0.3) is 5.82 Å². The topological polar surface area (TPSA) is 72.7 Å². The molecule has 0 atom stereocenters. The summed E-state index contributed by atoms with van der Waals surface area (Å²) in [6.45, 7) is 0. The third-order valence-electron chi connectivity index (χ3n) is 2.85. The van der Waals surface area contributed by atoms with Crippen molar-refractivity contribution in [2.24, 2.45) is 0 Å². The molecule has 2 heterocycles. The van der Waals surface area contributed by atoms with Crippen LogP contribution in [0, 0.1) is 0 Å². The molecular formula is C14H9Cl2N5O. The lowest BCUT2D eigenvalue weighted by Gasteiger charge is -2.10. The van der Waals surface area contributed by atoms with Crippen LogP contribution in [0.4, 0.5) is 5.69 Å². The van der Waals surface area contributed by atoms with Gasteiger partial charge < -0.3 is 5.32 Å². The Hall–Kier alpha value is -2.44. The summed E-state index contributed by atoms with van der Waals surface area (Å²) in [6.07, 6.45) is 4.48. The van der Waals surface area contributed by atoms with E-state index in [4.69, 9.17) is 23.2 Å². The Morgan fingerprint density at radius 3 is 2.82 bits per heavy atom. The molecule has 3 rings (SSSR count). The van der Waals surface area contributed by atoms with E-state index in [1.54, 1.807) is 30.5 Å². The first-order valence-electron chi connectivity index (χ1n) is 6.21. The van der Waals surface area contributed by atoms with Crippen LogP contribution in [0.2, 0.25) is 10.0 Å². The van der Waals surface area contributed by atoms with E-state index in [9.17, 15) is 4.79 Å². The lowest BCUT2D eigenvalue weighted by molar-refractivity contribution is 0.102. The summed E-state index contributed by atoms with van der Waals surface area (Å²) in [5, 5.41) is 7.50. The Morgan fingerprint density at radius 2 is 2.09 bits per heavy atom. The number of pyridine rings is 1. The molecule has 0 saturated carbocycles. The molecule has 0 unspecified atom stereocenters. The van der Waals surface area contributed by atoms with Crippen molar-refractivity contribution in [3.63, 3.8) is 0 Å². The standard InChI is InChI=1S/C14H9Cl2N5O/c15-9-3-4-10(11(16)6-9)14(22)20-12-2-1-5-18-13(12)21-8-17-7-19-21/h1-8H,(H,20,22). The highest BCUT2D eigenvalue weighted by Crippen LogP contribution is 2.23. The van der Waals surface area contributed by atoms with Gasteiger partial charge in [0.25, 0.3) is 5.91 Å². The maximum Gasteiger partial charge on any atom is 0.257 e. The number of nitrogens with one attached hydrogen (secondary N) is 1. The molecular weight excluding hydrogens is 325 g/mol. The second kappa shape index (κ2) is 6.13. The van der Waals surface area contributed by atoms with Gasteiger partial charge >= 0.3 is 0 Å². The first kappa shape index (κ1) is 14.5. The molecule has 1 aromatic carbocycles. The molecule has 0 radical (unpaired) electrons. The van der Waals surface area contributed by atoms with Crippen LogP contribution in [0.1, 0.15) is 10.4 Å². The van der Waals surface area contributed by atoms with Gasteiger partial charge in [-0.05, 0) is 30.3 Å². The SMILES string of the molecule is O=C(Nc1cccnc1-n1cncn1)c1ccc(Cl)cc1Cl. The molecule has 0 fully saturated rings. The predicted molar refractivity (Wildman–Crippen MR) is 83.6 cm³/mol. The fourth-order valence-electron chi connectivity index (χ4n) is 1.86. The molecule has 2 aromatic heterocycles. The van der Waals surface area contributed by atoms with Crippen LogP contribution in [-0.2, 0) is 0 Å². The van der Waals surface area contributed by atoms with Crippen molar-refractivity contribution in [2.75, 3.05) is 5.32 Å². The molecule has 0 spiro atoms. The summed E-state index contributed by atoms with van der Waals surface area (Å²) in [7, 11) is 0. The van der Waals surface area contributed by atoms with Crippen LogP contribution < -0.4 is 5.32 Å². The maximum atomic E-state index is 12.4. The minimum absolute atomic E-state index is 0.274. The summed E-state index contributed by atoms with van der Waals surface area (Å²) in [6, 6.07) is 8.10. The van der Waals surface area contributed by atoms with Crippen molar-refractivity contribution in [1.82, 2.24) is 19.7 Å². The lowest BCUT2D eigenvalue weighted by atomic mass is 10.2. The first-order valence-corrected chi connectivity index (χ1v) is 6.97. The fourth-order valence-corrected chi connectivity index (χ4v) is 2.35. The summed E-state index contributed by atoms with van der Waals surface area (Å²) in [5.41, 5.74) is 0.809. The van der Waals surface area contributed by atoms with Gasteiger partial charge in [0.2, 0.25) is 0 Å². The average Bonchev–Trinajstić information content (AvgIpc) is 3.01. The van der Waals surface area contributed by atoms with Crippen LogP contribution in [-0.4, -0.2) is 25.7 Å². The molecule has 22 heavy (non-hydrogen) atoms. The van der Waals surface area contributed by atoms with E-state index < -0.39 is 0 Å². The van der Waals surface area contributed by atoms with Gasteiger partial charge in [0.1, 0.15) is 12.7 Å². The van der Waals surface area contributed by atoms with Crippen LogP contribution in [0.15, 0.2) is 49.2 Å². The molecule has 0 saturated heterocycles. The number of nitrogens with zero attached hydrogens (tertiary/aromatic N) is 4. The third-order valence-corrected chi connectivity index (χ3v) is 3.39. The third kappa shape index (κ3) is 2.93. The largest absolute Gasteiger partial charge is 0.319 e. The Labute approximate surface area is 135 Å². The predicted octanol–water partition coefficient (Wildman–Crippen LogP) is 3.22. The average molecular weight is 334 g/mol. The van der Waals surface area contributed by atoms with Crippen molar-refractivity contribution in [1.29, 1.82) is 0 Å². The molecule has 0 aliphatic carbocycles. The van der Waals surface area contributed by atoms with Crippen molar-refractivity contribution >= 4 is 34.8 Å². The van der Waals surface area contributed by atoms with E-state index in [1.165, 1.54) is 23.4 Å². The van der Waals surface area contributed by atoms with Gasteiger partial charge in [0.05, 0.1) is 16.3 Å². The number of hydrogen-bond donors (Lipinski definition) is 1. The minimum atomic E-state index is -0.365. The number of carbonyl (C=O) groups is 1. The molecule has 0 bridgehead atoms. The summed E-state index contributed by atoms with van der Waals surface area (Å²) < 4.78 is 1.46. The molecule has 3 aromatic rings. The Bertz CT molecular complexity index is 820. The van der Waals surface area contributed by atoms with Gasteiger partial charge in [0.15, 0.2) is 5.82 Å². The van der Waals surface area contributed by atoms with Gasteiger partial charge in [-0.3, -0.25) is 4.79 Å². The molecule has 6 nitrogen and oxygen atoms in total. The van der Waals surface area contributed by atoms with Gasteiger partial charge in [0, 0.05) is 11.2 Å². The highest BCUT2D eigenvalue weighted by atomic mass is 35.5. The number of rotatable bonds is 3. The van der Waals surface area contributed by atoms with Crippen molar-refractivity contribution in [2.45, 2.75) is 0 Å². The normalized spacial score (nSPS) is 10.5. The minimum Gasteiger partial charge on any atom is -0.319 e. The van der Waals surface area contributed by atoms with E-state index in [0.29, 0.717) is 22.1 Å². The summed E-state index contributed by atoms with van der Waals surface area (Å²) >= 11 is 11.9. The number of aromatic nitrogens is 4. The number of benzene rings is 1. The number of amides is 1. The highest BCUT2D eigenvalue weighted by Gasteiger charge is 2.14. The number of halogens is 2. The van der Waals surface area contributed by atoms with E-state index in [2.05, 4.69) is 20.4 Å². The number of anilines is 1. The number of carbonyl (C=O) groups excluding carboxylic acids is 1. The monoisotopic (exact) mass is 333 g/mol. The summed E-state index contributed by atoms with van der Waals surface area (Å²) in [5.74, 6) is 0.0921. The molecule has 8 heteroatoms. The zero-order chi connectivity index (χ0) is 15.5. The second-order valence-corrected chi connectivity index (χ2v) is 5.14. The molecule has 1 N–H and O–H groups in total. The van der Waals surface area contributed by atoms with Crippen LogP contribution in [0.3, 0.4) is 0 Å².